The summed E-state index contributed by atoms with van der Waals surface area (Å²) in [6, 6.07) is 14.0. The average molecular weight is 339 g/mol. The molecule has 0 aliphatic rings. The van der Waals surface area contributed by atoms with Gasteiger partial charge in [0, 0.05) is 6.54 Å². The fraction of sp³-hybridized carbons (Fsp3) is 0.167. The summed E-state index contributed by atoms with van der Waals surface area (Å²) >= 11 is 0. The number of aromatic nitrogens is 2. The first-order chi connectivity index (χ1) is 12.1. The number of carbonyl (C=O) groups is 1. The van der Waals surface area contributed by atoms with Crippen LogP contribution in [0.15, 0.2) is 58.1 Å². The van der Waals surface area contributed by atoms with Crippen LogP contribution in [0.3, 0.4) is 0 Å². The second-order valence-electron chi connectivity index (χ2n) is 5.49. The van der Waals surface area contributed by atoms with Crippen LogP contribution in [0.25, 0.3) is 10.9 Å². The highest BCUT2D eigenvalue weighted by Crippen LogP contribution is 2.12. The van der Waals surface area contributed by atoms with E-state index < -0.39 is 11.2 Å². The van der Waals surface area contributed by atoms with Crippen molar-refractivity contribution >= 4 is 16.8 Å². The number of fused-ring (bicyclic) bond motifs is 1. The second-order valence-corrected chi connectivity index (χ2v) is 5.49. The number of H-pyrrole nitrogens is 1. The molecule has 0 unspecified atom stereocenters. The van der Waals surface area contributed by atoms with Gasteiger partial charge in [-0.05, 0) is 29.8 Å². The molecule has 0 fully saturated rings. The van der Waals surface area contributed by atoms with Crippen molar-refractivity contribution < 1.29 is 9.53 Å². The highest BCUT2D eigenvalue weighted by Gasteiger charge is 2.10. The number of carbonyl (C=O) groups excluding carboxylic acids is 1. The van der Waals surface area contributed by atoms with Crippen LogP contribution in [0, 0.1) is 0 Å². The summed E-state index contributed by atoms with van der Waals surface area (Å²) in [7, 11) is 1.57. The van der Waals surface area contributed by atoms with Gasteiger partial charge in [-0.25, -0.2) is 4.79 Å². The van der Waals surface area contributed by atoms with Crippen molar-refractivity contribution in [3.63, 3.8) is 0 Å². The lowest BCUT2D eigenvalue weighted by atomic mass is 10.2. The minimum absolute atomic E-state index is 0.180. The Hall–Kier alpha value is -3.35. The summed E-state index contributed by atoms with van der Waals surface area (Å²) in [4.78, 5) is 38.3. The summed E-state index contributed by atoms with van der Waals surface area (Å²) in [5.74, 6) is 0.372. The number of ether oxygens (including phenoxy) is 1. The minimum atomic E-state index is -0.611. The standard InChI is InChI=1S/C18H17N3O4/c1-25-13-6-4-5-12(9-13)10-19-16(22)11-21-15-8-3-2-7-14(15)17(23)20-18(21)24/h2-9H,10-11H2,1H3,(H,19,22)(H,20,23,24). The molecule has 0 aliphatic heterocycles. The largest absolute Gasteiger partial charge is 0.497 e. The van der Waals surface area contributed by atoms with Gasteiger partial charge < -0.3 is 10.1 Å². The van der Waals surface area contributed by atoms with E-state index in [1.54, 1.807) is 31.4 Å². The van der Waals surface area contributed by atoms with Gasteiger partial charge in [-0.2, -0.15) is 0 Å². The molecule has 0 bridgehead atoms. The van der Waals surface area contributed by atoms with Gasteiger partial charge in [-0.3, -0.25) is 19.1 Å². The molecule has 0 radical (unpaired) electrons. The Balaban J connectivity index is 1.78. The number of amides is 1. The fourth-order valence-corrected chi connectivity index (χ4v) is 2.58. The number of hydrogen-bond acceptors (Lipinski definition) is 4. The molecule has 7 heteroatoms. The van der Waals surface area contributed by atoms with Crippen molar-refractivity contribution in [2.24, 2.45) is 0 Å². The third kappa shape index (κ3) is 3.60. The number of benzene rings is 2. The minimum Gasteiger partial charge on any atom is -0.497 e. The van der Waals surface area contributed by atoms with Crippen LogP contribution < -0.4 is 21.3 Å². The first kappa shape index (κ1) is 16.5. The third-order valence-corrected chi connectivity index (χ3v) is 3.83. The molecule has 128 valence electrons. The second kappa shape index (κ2) is 7.04. The van der Waals surface area contributed by atoms with Crippen molar-refractivity contribution in [3.8, 4) is 5.75 Å². The SMILES string of the molecule is COc1cccc(CNC(=O)Cn2c(=O)[nH]c(=O)c3ccccc32)c1. The Bertz CT molecular complexity index is 1040. The molecule has 2 aromatic carbocycles. The fourth-order valence-electron chi connectivity index (χ4n) is 2.58. The number of para-hydroxylation sites is 1. The molecule has 25 heavy (non-hydrogen) atoms. The number of nitrogens with zero attached hydrogens (tertiary/aromatic N) is 1. The van der Waals surface area contributed by atoms with Gasteiger partial charge in [-0.1, -0.05) is 24.3 Å². The van der Waals surface area contributed by atoms with Gasteiger partial charge in [0.25, 0.3) is 5.56 Å². The first-order valence-corrected chi connectivity index (χ1v) is 7.70. The third-order valence-electron chi connectivity index (χ3n) is 3.83. The van der Waals surface area contributed by atoms with Crippen molar-refractivity contribution in [3.05, 3.63) is 74.9 Å². The summed E-state index contributed by atoms with van der Waals surface area (Å²) in [5, 5.41) is 3.12. The molecule has 2 N–H and O–H groups in total. The highest BCUT2D eigenvalue weighted by atomic mass is 16.5. The van der Waals surface area contributed by atoms with Gasteiger partial charge in [0.1, 0.15) is 12.3 Å². The number of hydrogen-bond donors (Lipinski definition) is 2. The lowest BCUT2D eigenvalue weighted by molar-refractivity contribution is -0.121. The summed E-state index contributed by atoms with van der Waals surface area (Å²) in [6.07, 6.45) is 0. The zero-order valence-electron chi connectivity index (χ0n) is 13.6. The Morgan fingerprint density at radius 3 is 2.76 bits per heavy atom. The maximum atomic E-state index is 12.2. The predicted octanol–water partition coefficient (Wildman–Crippen LogP) is 1.01. The topological polar surface area (TPSA) is 93.2 Å². The number of methoxy groups -OCH3 is 1. The molecule has 0 saturated carbocycles. The summed E-state index contributed by atoms with van der Waals surface area (Å²) in [5.41, 5.74) is 0.230. The van der Waals surface area contributed by atoms with E-state index in [0.29, 0.717) is 23.2 Å². The van der Waals surface area contributed by atoms with E-state index >= 15 is 0 Å². The Morgan fingerprint density at radius 2 is 1.96 bits per heavy atom. The summed E-state index contributed by atoms with van der Waals surface area (Å²) in [6.45, 7) is 0.131. The zero-order valence-corrected chi connectivity index (χ0v) is 13.6. The van der Waals surface area contributed by atoms with Gasteiger partial charge >= 0.3 is 5.69 Å². The Labute approximate surface area is 142 Å². The normalized spacial score (nSPS) is 10.6. The lowest BCUT2D eigenvalue weighted by Crippen LogP contribution is -2.36. The maximum absolute atomic E-state index is 12.2. The molecule has 0 spiro atoms. The Morgan fingerprint density at radius 1 is 1.16 bits per heavy atom. The quantitative estimate of drug-likeness (QED) is 0.726. The molecule has 0 atom stereocenters. The predicted molar refractivity (Wildman–Crippen MR) is 93.7 cm³/mol. The van der Waals surface area contributed by atoms with E-state index in [1.807, 2.05) is 24.3 Å². The summed E-state index contributed by atoms with van der Waals surface area (Å²) < 4.78 is 6.39. The van der Waals surface area contributed by atoms with Crippen LogP contribution >= 0.6 is 0 Å². The Kier molecular flexibility index (Phi) is 4.65. The van der Waals surface area contributed by atoms with E-state index in [2.05, 4.69) is 10.3 Å². The van der Waals surface area contributed by atoms with Crippen LogP contribution in [0.4, 0.5) is 0 Å². The number of rotatable bonds is 5. The molecule has 0 aliphatic carbocycles. The first-order valence-electron chi connectivity index (χ1n) is 7.70. The molecule has 1 amide bonds. The molecule has 3 aromatic rings. The van der Waals surface area contributed by atoms with Gasteiger partial charge in [0.2, 0.25) is 5.91 Å². The molecule has 1 heterocycles. The van der Waals surface area contributed by atoms with Gasteiger partial charge in [0.15, 0.2) is 0 Å². The lowest BCUT2D eigenvalue weighted by Gasteiger charge is -2.10. The van der Waals surface area contributed by atoms with Crippen LogP contribution in [0.2, 0.25) is 0 Å². The van der Waals surface area contributed by atoms with E-state index in [-0.39, 0.29) is 12.5 Å². The van der Waals surface area contributed by atoms with Crippen molar-refractivity contribution in [2.75, 3.05) is 7.11 Å². The van der Waals surface area contributed by atoms with Crippen LogP contribution in [-0.4, -0.2) is 22.6 Å². The monoisotopic (exact) mass is 339 g/mol. The number of nitrogens with one attached hydrogen (secondary N) is 2. The van der Waals surface area contributed by atoms with E-state index in [0.717, 1.165) is 5.56 Å². The van der Waals surface area contributed by atoms with Crippen molar-refractivity contribution in [1.29, 1.82) is 0 Å². The highest BCUT2D eigenvalue weighted by molar-refractivity contribution is 5.81. The molecule has 7 nitrogen and oxygen atoms in total. The molecule has 0 saturated heterocycles. The van der Waals surface area contributed by atoms with E-state index in [1.165, 1.54) is 4.57 Å². The van der Waals surface area contributed by atoms with Crippen LogP contribution in [-0.2, 0) is 17.9 Å². The van der Waals surface area contributed by atoms with Crippen LogP contribution in [0.1, 0.15) is 5.56 Å². The average Bonchev–Trinajstić information content (AvgIpc) is 2.63. The van der Waals surface area contributed by atoms with Crippen molar-refractivity contribution in [1.82, 2.24) is 14.9 Å². The van der Waals surface area contributed by atoms with Crippen LogP contribution in [0.5, 0.6) is 5.75 Å². The smallest absolute Gasteiger partial charge is 0.329 e. The van der Waals surface area contributed by atoms with Gasteiger partial charge in [-0.15, -0.1) is 0 Å². The maximum Gasteiger partial charge on any atom is 0.329 e. The van der Waals surface area contributed by atoms with Crippen molar-refractivity contribution in [2.45, 2.75) is 13.1 Å². The molecule has 1 aromatic heterocycles. The molecular weight excluding hydrogens is 322 g/mol. The van der Waals surface area contributed by atoms with E-state index in [9.17, 15) is 14.4 Å². The molecule has 3 rings (SSSR count). The van der Waals surface area contributed by atoms with Gasteiger partial charge in [0.05, 0.1) is 18.0 Å². The van der Waals surface area contributed by atoms with E-state index in [4.69, 9.17) is 4.74 Å². The zero-order chi connectivity index (χ0) is 17.8. The number of aromatic amines is 1. The molecular formula is C18H17N3O4.